The second-order valence-electron chi connectivity index (χ2n) is 5.48. The average Bonchev–Trinajstić information content (AvgIpc) is 2.39. The van der Waals surface area contributed by atoms with Crippen LogP contribution in [0.4, 0.5) is 0 Å². The van der Waals surface area contributed by atoms with E-state index in [1.54, 1.807) is 0 Å². The molecule has 17 heavy (non-hydrogen) atoms. The molecular weight excluding hydrogens is 208 g/mol. The van der Waals surface area contributed by atoms with Gasteiger partial charge in [0.05, 0.1) is 0 Å². The highest BCUT2D eigenvalue weighted by molar-refractivity contribution is 5.97. The van der Waals surface area contributed by atoms with E-state index in [-0.39, 0.29) is 11.7 Å². The van der Waals surface area contributed by atoms with Crippen LogP contribution in [-0.2, 0) is 0 Å². The van der Waals surface area contributed by atoms with Gasteiger partial charge in [-0.25, -0.2) is 0 Å². The van der Waals surface area contributed by atoms with Crippen molar-refractivity contribution < 1.29 is 4.79 Å². The summed E-state index contributed by atoms with van der Waals surface area (Å²) in [6.45, 7) is 3.94. The normalized spacial score (nSPS) is 17.4. The zero-order valence-electron chi connectivity index (χ0n) is 10.9. The van der Waals surface area contributed by atoms with E-state index in [9.17, 15) is 4.79 Å². The van der Waals surface area contributed by atoms with Crippen molar-refractivity contribution in [1.29, 1.82) is 0 Å². The van der Waals surface area contributed by atoms with E-state index in [0.29, 0.717) is 5.92 Å². The Bertz CT molecular complexity index is 386. The van der Waals surface area contributed by atoms with Crippen LogP contribution >= 0.6 is 0 Å². The summed E-state index contributed by atoms with van der Waals surface area (Å²) in [5.74, 6) is 1.04. The summed E-state index contributed by atoms with van der Waals surface area (Å²) in [5.41, 5.74) is 2.26. The van der Waals surface area contributed by atoms with E-state index in [2.05, 4.69) is 12.1 Å². The topological polar surface area (TPSA) is 17.1 Å². The van der Waals surface area contributed by atoms with Crippen molar-refractivity contribution >= 4 is 5.78 Å². The summed E-state index contributed by atoms with van der Waals surface area (Å²) in [6.07, 6.45) is 6.64. The van der Waals surface area contributed by atoms with Gasteiger partial charge < -0.3 is 0 Å². The standard InChI is InChI=1S/C16H22O/c1-12(2)16(17)15-10-6-9-14(11-15)13-7-4-3-5-8-13/h6,9-13H,3-5,7-8H2,1-2H3. The molecule has 2 rings (SSSR count). The van der Waals surface area contributed by atoms with Crippen molar-refractivity contribution in [3.8, 4) is 0 Å². The average molecular weight is 230 g/mol. The maximum atomic E-state index is 12.0. The fourth-order valence-corrected chi connectivity index (χ4v) is 2.72. The summed E-state index contributed by atoms with van der Waals surface area (Å²) in [5, 5.41) is 0. The minimum Gasteiger partial charge on any atom is -0.294 e. The van der Waals surface area contributed by atoms with Gasteiger partial charge in [0.15, 0.2) is 5.78 Å². The third kappa shape index (κ3) is 2.96. The SMILES string of the molecule is CC(C)C(=O)c1cccc(C2CCCCC2)c1. The Morgan fingerprint density at radius 3 is 2.53 bits per heavy atom. The predicted molar refractivity (Wildman–Crippen MR) is 71.4 cm³/mol. The van der Waals surface area contributed by atoms with Crippen LogP contribution in [0.25, 0.3) is 0 Å². The largest absolute Gasteiger partial charge is 0.294 e. The number of carbonyl (C=O) groups is 1. The van der Waals surface area contributed by atoms with Crippen LogP contribution in [0.5, 0.6) is 0 Å². The van der Waals surface area contributed by atoms with E-state index in [1.807, 2.05) is 26.0 Å². The van der Waals surface area contributed by atoms with Gasteiger partial charge in [-0.3, -0.25) is 4.79 Å². The summed E-state index contributed by atoms with van der Waals surface area (Å²) in [6, 6.07) is 8.31. The third-order valence-electron chi connectivity index (χ3n) is 3.77. The van der Waals surface area contributed by atoms with Crippen molar-refractivity contribution in [1.82, 2.24) is 0 Å². The van der Waals surface area contributed by atoms with Gasteiger partial charge in [-0.1, -0.05) is 51.3 Å². The van der Waals surface area contributed by atoms with E-state index < -0.39 is 0 Å². The van der Waals surface area contributed by atoms with Gasteiger partial charge in [0, 0.05) is 11.5 Å². The summed E-state index contributed by atoms with van der Waals surface area (Å²) < 4.78 is 0. The number of hydrogen-bond acceptors (Lipinski definition) is 1. The molecule has 1 aliphatic carbocycles. The number of rotatable bonds is 3. The molecule has 0 aliphatic heterocycles. The molecule has 0 aromatic heterocycles. The molecule has 1 saturated carbocycles. The smallest absolute Gasteiger partial charge is 0.165 e. The molecule has 1 fully saturated rings. The van der Waals surface area contributed by atoms with Crippen LogP contribution < -0.4 is 0 Å². The zero-order valence-corrected chi connectivity index (χ0v) is 10.9. The van der Waals surface area contributed by atoms with Crippen LogP contribution in [0.3, 0.4) is 0 Å². The first-order chi connectivity index (χ1) is 8.18. The highest BCUT2D eigenvalue weighted by Gasteiger charge is 2.17. The molecular formula is C16H22O. The van der Waals surface area contributed by atoms with E-state index in [0.717, 1.165) is 5.56 Å². The molecule has 0 unspecified atom stereocenters. The van der Waals surface area contributed by atoms with Gasteiger partial charge in [0.25, 0.3) is 0 Å². The minimum atomic E-state index is 0.0941. The lowest BCUT2D eigenvalue weighted by Gasteiger charge is -2.22. The van der Waals surface area contributed by atoms with Crippen molar-refractivity contribution in [3.63, 3.8) is 0 Å². The quantitative estimate of drug-likeness (QED) is 0.695. The van der Waals surface area contributed by atoms with Crippen LogP contribution in [0.2, 0.25) is 0 Å². The fourth-order valence-electron chi connectivity index (χ4n) is 2.72. The first-order valence-electron chi connectivity index (χ1n) is 6.82. The first kappa shape index (κ1) is 12.3. The number of benzene rings is 1. The molecule has 0 N–H and O–H groups in total. The zero-order chi connectivity index (χ0) is 12.3. The van der Waals surface area contributed by atoms with Gasteiger partial charge >= 0.3 is 0 Å². The van der Waals surface area contributed by atoms with Crippen LogP contribution in [0.1, 0.15) is 67.8 Å². The first-order valence-corrected chi connectivity index (χ1v) is 6.82. The Balaban J connectivity index is 2.18. The molecule has 0 bridgehead atoms. The number of carbonyl (C=O) groups excluding carboxylic acids is 1. The molecule has 0 radical (unpaired) electrons. The Morgan fingerprint density at radius 1 is 1.18 bits per heavy atom. The molecule has 0 amide bonds. The molecule has 1 aromatic carbocycles. The van der Waals surface area contributed by atoms with E-state index in [4.69, 9.17) is 0 Å². The number of hydrogen-bond donors (Lipinski definition) is 0. The van der Waals surface area contributed by atoms with E-state index >= 15 is 0 Å². The van der Waals surface area contributed by atoms with Crippen molar-refractivity contribution in [2.75, 3.05) is 0 Å². The second kappa shape index (κ2) is 5.48. The highest BCUT2D eigenvalue weighted by Crippen LogP contribution is 2.33. The molecule has 0 saturated heterocycles. The van der Waals surface area contributed by atoms with Crippen molar-refractivity contribution in [2.24, 2.45) is 5.92 Å². The van der Waals surface area contributed by atoms with Crippen LogP contribution in [0, 0.1) is 5.92 Å². The van der Waals surface area contributed by atoms with Crippen LogP contribution in [0.15, 0.2) is 24.3 Å². The summed E-state index contributed by atoms with van der Waals surface area (Å²) >= 11 is 0. The Kier molecular flexibility index (Phi) is 3.98. The summed E-state index contributed by atoms with van der Waals surface area (Å²) in [7, 11) is 0. The number of ketones is 1. The van der Waals surface area contributed by atoms with Gasteiger partial charge in [-0.2, -0.15) is 0 Å². The lowest BCUT2D eigenvalue weighted by atomic mass is 9.83. The number of Topliss-reactive ketones (excluding diaryl/α,β-unsaturated/α-hetero) is 1. The summed E-state index contributed by atoms with van der Waals surface area (Å²) in [4.78, 5) is 12.0. The molecule has 92 valence electrons. The second-order valence-corrected chi connectivity index (χ2v) is 5.48. The molecule has 1 aliphatic rings. The van der Waals surface area contributed by atoms with Gasteiger partial charge in [-0.05, 0) is 30.4 Å². The Morgan fingerprint density at radius 2 is 1.88 bits per heavy atom. The highest BCUT2D eigenvalue weighted by atomic mass is 16.1. The maximum Gasteiger partial charge on any atom is 0.165 e. The Labute approximate surface area is 104 Å². The molecule has 1 heteroatoms. The van der Waals surface area contributed by atoms with Crippen molar-refractivity contribution in [3.05, 3.63) is 35.4 Å². The van der Waals surface area contributed by atoms with Crippen LogP contribution in [-0.4, -0.2) is 5.78 Å². The molecule has 0 spiro atoms. The lowest BCUT2D eigenvalue weighted by molar-refractivity contribution is 0.0939. The molecule has 1 aromatic rings. The monoisotopic (exact) mass is 230 g/mol. The Hall–Kier alpha value is -1.11. The predicted octanol–water partition coefficient (Wildman–Crippen LogP) is 4.57. The van der Waals surface area contributed by atoms with Gasteiger partial charge in [0.1, 0.15) is 0 Å². The minimum absolute atomic E-state index is 0.0941. The van der Waals surface area contributed by atoms with Gasteiger partial charge in [-0.15, -0.1) is 0 Å². The fraction of sp³-hybridized carbons (Fsp3) is 0.562. The van der Waals surface area contributed by atoms with Crippen molar-refractivity contribution in [2.45, 2.75) is 51.9 Å². The molecule has 0 atom stereocenters. The third-order valence-corrected chi connectivity index (χ3v) is 3.77. The molecule has 1 nitrogen and oxygen atoms in total. The maximum absolute atomic E-state index is 12.0. The van der Waals surface area contributed by atoms with E-state index in [1.165, 1.54) is 37.7 Å². The lowest BCUT2D eigenvalue weighted by Crippen LogP contribution is -2.09. The van der Waals surface area contributed by atoms with Gasteiger partial charge in [0.2, 0.25) is 0 Å². The molecule has 0 heterocycles.